The number of nitrogens with one attached hydrogen (secondary N) is 1. The first-order chi connectivity index (χ1) is 11.2. The molecule has 0 aliphatic rings. The fourth-order valence-electron chi connectivity index (χ4n) is 2.29. The van der Waals surface area contributed by atoms with Crippen molar-refractivity contribution in [2.45, 2.75) is 13.0 Å². The Balaban J connectivity index is 1.57. The standard InChI is InChI=1S/C18H17N3O2/c1-13(14-5-3-2-4-6-14)21-18(22)12-23-15-7-8-16-17(11-15)20-10-9-19-16/h2-11,13H,12H2,1H3,(H,21,22)/t13-/m0/s1. The van der Waals surface area contributed by atoms with E-state index in [2.05, 4.69) is 15.3 Å². The molecule has 0 saturated carbocycles. The van der Waals surface area contributed by atoms with Gasteiger partial charge in [0.25, 0.3) is 5.91 Å². The Kier molecular flexibility index (Phi) is 4.47. The molecule has 3 rings (SSSR count). The van der Waals surface area contributed by atoms with Crippen LogP contribution in [0.2, 0.25) is 0 Å². The second kappa shape index (κ2) is 6.87. The summed E-state index contributed by atoms with van der Waals surface area (Å²) in [6, 6.07) is 15.1. The van der Waals surface area contributed by atoms with Crippen LogP contribution in [0, 0.1) is 0 Å². The monoisotopic (exact) mass is 307 g/mol. The second-order valence-corrected chi connectivity index (χ2v) is 5.20. The Morgan fingerprint density at radius 2 is 1.83 bits per heavy atom. The molecular formula is C18H17N3O2. The van der Waals surface area contributed by atoms with Crippen LogP contribution < -0.4 is 10.1 Å². The summed E-state index contributed by atoms with van der Waals surface area (Å²) in [6.45, 7) is 1.90. The van der Waals surface area contributed by atoms with Gasteiger partial charge in [0.05, 0.1) is 17.1 Å². The summed E-state index contributed by atoms with van der Waals surface area (Å²) in [5, 5.41) is 2.91. The molecule has 0 bridgehead atoms. The summed E-state index contributed by atoms with van der Waals surface area (Å²) in [5.74, 6) is 0.432. The predicted octanol–water partition coefficient (Wildman–Crippen LogP) is 2.89. The molecular weight excluding hydrogens is 290 g/mol. The van der Waals surface area contributed by atoms with Gasteiger partial charge >= 0.3 is 0 Å². The van der Waals surface area contributed by atoms with Crippen LogP contribution >= 0.6 is 0 Å². The molecule has 1 aromatic heterocycles. The number of ether oxygens (including phenoxy) is 1. The Hall–Kier alpha value is -2.95. The molecule has 1 heterocycles. The Morgan fingerprint density at radius 1 is 1.09 bits per heavy atom. The molecule has 3 aromatic rings. The highest BCUT2D eigenvalue weighted by molar-refractivity contribution is 5.78. The van der Waals surface area contributed by atoms with Gasteiger partial charge in [0.15, 0.2) is 6.61 Å². The molecule has 5 nitrogen and oxygen atoms in total. The molecule has 5 heteroatoms. The first-order valence-corrected chi connectivity index (χ1v) is 7.40. The van der Waals surface area contributed by atoms with E-state index in [0.29, 0.717) is 5.75 Å². The predicted molar refractivity (Wildman–Crippen MR) is 88.0 cm³/mol. The fourth-order valence-corrected chi connectivity index (χ4v) is 2.29. The molecule has 0 unspecified atom stereocenters. The second-order valence-electron chi connectivity index (χ2n) is 5.20. The van der Waals surface area contributed by atoms with Crippen molar-refractivity contribution in [3.63, 3.8) is 0 Å². The quantitative estimate of drug-likeness (QED) is 0.787. The lowest BCUT2D eigenvalue weighted by Crippen LogP contribution is -2.31. The summed E-state index contributed by atoms with van der Waals surface area (Å²) in [5.41, 5.74) is 2.59. The van der Waals surface area contributed by atoms with Crippen molar-refractivity contribution < 1.29 is 9.53 Å². The molecule has 116 valence electrons. The minimum Gasteiger partial charge on any atom is -0.484 e. The third kappa shape index (κ3) is 3.83. The van der Waals surface area contributed by atoms with Crippen molar-refractivity contribution in [2.24, 2.45) is 0 Å². The van der Waals surface area contributed by atoms with Crippen LogP contribution in [-0.2, 0) is 4.79 Å². The highest BCUT2D eigenvalue weighted by Crippen LogP contribution is 2.17. The van der Waals surface area contributed by atoms with Gasteiger partial charge in [-0.2, -0.15) is 0 Å². The normalized spacial score (nSPS) is 11.9. The zero-order valence-electron chi connectivity index (χ0n) is 12.8. The van der Waals surface area contributed by atoms with Gasteiger partial charge in [0.1, 0.15) is 5.75 Å². The van der Waals surface area contributed by atoms with Gasteiger partial charge in [-0.15, -0.1) is 0 Å². The van der Waals surface area contributed by atoms with Crippen LogP contribution in [0.25, 0.3) is 11.0 Å². The number of nitrogens with zero attached hydrogens (tertiary/aromatic N) is 2. The highest BCUT2D eigenvalue weighted by Gasteiger charge is 2.10. The van der Waals surface area contributed by atoms with Gasteiger partial charge in [-0.05, 0) is 24.6 Å². The van der Waals surface area contributed by atoms with Crippen molar-refractivity contribution in [3.05, 3.63) is 66.5 Å². The zero-order chi connectivity index (χ0) is 16.1. The van der Waals surface area contributed by atoms with Gasteiger partial charge in [-0.3, -0.25) is 14.8 Å². The van der Waals surface area contributed by atoms with E-state index in [1.807, 2.05) is 43.3 Å². The van der Waals surface area contributed by atoms with Crippen LogP contribution in [0.3, 0.4) is 0 Å². The van der Waals surface area contributed by atoms with E-state index < -0.39 is 0 Å². The van der Waals surface area contributed by atoms with E-state index in [-0.39, 0.29) is 18.6 Å². The summed E-state index contributed by atoms with van der Waals surface area (Å²) < 4.78 is 5.53. The van der Waals surface area contributed by atoms with Gasteiger partial charge < -0.3 is 10.1 Å². The summed E-state index contributed by atoms with van der Waals surface area (Å²) in [4.78, 5) is 20.4. The molecule has 0 fully saturated rings. The van der Waals surface area contributed by atoms with Crippen molar-refractivity contribution in [1.29, 1.82) is 0 Å². The van der Waals surface area contributed by atoms with Crippen LogP contribution in [0.1, 0.15) is 18.5 Å². The number of hydrogen-bond donors (Lipinski definition) is 1. The SMILES string of the molecule is C[C@H](NC(=O)COc1ccc2nccnc2c1)c1ccccc1. The number of amides is 1. The van der Waals surface area contributed by atoms with Gasteiger partial charge in [0, 0.05) is 18.5 Å². The molecule has 0 aliphatic carbocycles. The first-order valence-electron chi connectivity index (χ1n) is 7.40. The third-order valence-electron chi connectivity index (χ3n) is 3.49. The number of fused-ring (bicyclic) bond motifs is 1. The van der Waals surface area contributed by atoms with E-state index in [9.17, 15) is 4.79 Å². The maximum atomic E-state index is 12.0. The lowest BCUT2D eigenvalue weighted by atomic mass is 10.1. The van der Waals surface area contributed by atoms with Crippen LogP contribution in [0.4, 0.5) is 0 Å². The fraction of sp³-hybridized carbons (Fsp3) is 0.167. The summed E-state index contributed by atoms with van der Waals surface area (Å²) >= 11 is 0. The molecule has 1 atom stereocenters. The van der Waals surface area contributed by atoms with Gasteiger partial charge in [-0.25, -0.2) is 0 Å². The topological polar surface area (TPSA) is 64.1 Å². The maximum Gasteiger partial charge on any atom is 0.258 e. The van der Waals surface area contributed by atoms with Gasteiger partial charge in [-0.1, -0.05) is 30.3 Å². The lowest BCUT2D eigenvalue weighted by Gasteiger charge is -2.14. The Morgan fingerprint density at radius 3 is 2.61 bits per heavy atom. The van der Waals surface area contributed by atoms with Crippen molar-refractivity contribution in [3.8, 4) is 5.75 Å². The third-order valence-corrected chi connectivity index (χ3v) is 3.49. The first kappa shape index (κ1) is 15.0. The van der Waals surface area contributed by atoms with Crippen LogP contribution in [0.15, 0.2) is 60.9 Å². The van der Waals surface area contributed by atoms with E-state index in [0.717, 1.165) is 16.6 Å². The maximum absolute atomic E-state index is 12.0. The molecule has 0 saturated heterocycles. The number of rotatable bonds is 5. The molecule has 0 spiro atoms. The minimum atomic E-state index is -0.166. The average molecular weight is 307 g/mol. The van der Waals surface area contributed by atoms with Crippen molar-refractivity contribution in [1.82, 2.24) is 15.3 Å². The summed E-state index contributed by atoms with van der Waals surface area (Å²) in [7, 11) is 0. The molecule has 1 N–H and O–H groups in total. The van der Waals surface area contributed by atoms with E-state index >= 15 is 0 Å². The van der Waals surface area contributed by atoms with Crippen LogP contribution in [-0.4, -0.2) is 22.5 Å². The molecule has 1 amide bonds. The molecule has 23 heavy (non-hydrogen) atoms. The number of carbonyl (C=O) groups is 1. The van der Waals surface area contributed by atoms with E-state index in [1.54, 1.807) is 24.5 Å². The molecule has 0 aliphatic heterocycles. The van der Waals surface area contributed by atoms with Crippen LogP contribution in [0.5, 0.6) is 5.75 Å². The van der Waals surface area contributed by atoms with E-state index in [4.69, 9.17) is 4.74 Å². The van der Waals surface area contributed by atoms with Crippen molar-refractivity contribution in [2.75, 3.05) is 6.61 Å². The van der Waals surface area contributed by atoms with Gasteiger partial charge in [0.2, 0.25) is 0 Å². The summed E-state index contributed by atoms with van der Waals surface area (Å²) in [6.07, 6.45) is 3.27. The number of aromatic nitrogens is 2. The number of benzene rings is 2. The zero-order valence-corrected chi connectivity index (χ0v) is 12.8. The highest BCUT2D eigenvalue weighted by atomic mass is 16.5. The Labute approximate surface area is 134 Å². The Bertz CT molecular complexity index is 805. The molecule has 0 radical (unpaired) electrons. The molecule has 2 aromatic carbocycles. The average Bonchev–Trinajstić information content (AvgIpc) is 2.60. The largest absolute Gasteiger partial charge is 0.484 e. The number of carbonyl (C=O) groups excluding carboxylic acids is 1. The lowest BCUT2D eigenvalue weighted by molar-refractivity contribution is -0.123. The number of hydrogen-bond acceptors (Lipinski definition) is 4. The smallest absolute Gasteiger partial charge is 0.258 e. The minimum absolute atomic E-state index is 0.0387. The van der Waals surface area contributed by atoms with Crippen molar-refractivity contribution >= 4 is 16.9 Å². The van der Waals surface area contributed by atoms with E-state index in [1.165, 1.54) is 0 Å².